The molecule has 22 heavy (non-hydrogen) atoms. The average Bonchev–Trinajstić information content (AvgIpc) is 2.93. The second kappa shape index (κ2) is 4.90. The first-order valence-electron chi connectivity index (χ1n) is 7.66. The van der Waals surface area contributed by atoms with E-state index >= 15 is 0 Å². The first kappa shape index (κ1) is 13.4. The van der Waals surface area contributed by atoms with Crippen LogP contribution in [0.2, 0.25) is 0 Å². The Morgan fingerprint density at radius 2 is 1.95 bits per heavy atom. The largest absolute Gasteiger partial charge is 0.493 e. The molecule has 1 fully saturated rings. The number of nitrogens with zero attached hydrogens (tertiary/aromatic N) is 3. The van der Waals surface area contributed by atoms with E-state index in [-0.39, 0.29) is 5.56 Å². The number of rotatable bonds is 2. The van der Waals surface area contributed by atoms with Crippen molar-refractivity contribution in [3.63, 3.8) is 0 Å². The highest BCUT2D eigenvalue weighted by atomic mass is 16.5. The fourth-order valence-electron chi connectivity index (χ4n) is 3.58. The Hall–Kier alpha value is -2.24. The van der Waals surface area contributed by atoms with Crippen LogP contribution < -0.4 is 19.9 Å². The molecular weight excluding hydrogens is 282 g/mol. The van der Waals surface area contributed by atoms with Crippen molar-refractivity contribution in [1.29, 1.82) is 0 Å². The monoisotopic (exact) mass is 301 g/mol. The van der Waals surface area contributed by atoms with E-state index in [2.05, 4.69) is 4.90 Å². The van der Waals surface area contributed by atoms with Gasteiger partial charge in [0, 0.05) is 25.2 Å². The molecule has 2 aromatic rings. The Kier molecular flexibility index (Phi) is 2.99. The second-order valence-corrected chi connectivity index (χ2v) is 5.89. The lowest BCUT2D eigenvalue weighted by molar-refractivity contribution is 0.355. The lowest BCUT2D eigenvalue weighted by Crippen LogP contribution is -2.36. The quantitative estimate of drug-likeness (QED) is 0.846. The summed E-state index contributed by atoms with van der Waals surface area (Å²) in [5.74, 6) is 1.96. The third-order valence-electron chi connectivity index (χ3n) is 4.72. The minimum atomic E-state index is 0.00959. The van der Waals surface area contributed by atoms with E-state index in [1.165, 1.54) is 6.42 Å². The Labute approximate surface area is 128 Å². The number of hydrogen-bond acceptors (Lipinski definition) is 5. The van der Waals surface area contributed by atoms with E-state index in [0.29, 0.717) is 28.4 Å². The van der Waals surface area contributed by atoms with Crippen LogP contribution in [0, 0.1) is 0 Å². The molecule has 3 heterocycles. The average molecular weight is 301 g/mol. The number of fused-ring (bicyclic) bond motifs is 4. The normalized spacial score (nSPS) is 19.9. The van der Waals surface area contributed by atoms with E-state index in [1.807, 2.05) is 4.57 Å². The third kappa shape index (κ3) is 1.79. The van der Waals surface area contributed by atoms with Crippen LogP contribution in [0.4, 0.5) is 5.95 Å². The van der Waals surface area contributed by atoms with Crippen molar-refractivity contribution in [1.82, 2.24) is 9.55 Å². The Morgan fingerprint density at radius 1 is 1.18 bits per heavy atom. The molecule has 1 aromatic heterocycles. The summed E-state index contributed by atoms with van der Waals surface area (Å²) in [6, 6.07) is 3.93. The third-order valence-corrected chi connectivity index (χ3v) is 4.72. The lowest BCUT2D eigenvalue weighted by atomic mass is 10.0. The maximum absolute atomic E-state index is 12.8. The zero-order chi connectivity index (χ0) is 15.3. The molecule has 1 atom stereocenters. The van der Waals surface area contributed by atoms with Crippen molar-refractivity contribution < 1.29 is 9.47 Å². The summed E-state index contributed by atoms with van der Waals surface area (Å²) in [6.07, 6.45) is 3.52. The summed E-state index contributed by atoms with van der Waals surface area (Å²) in [5.41, 5.74) is 0.676. The van der Waals surface area contributed by atoms with Gasteiger partial charge in [0.25, 0.3) is 5.56 Å². The molecule has 0 bridgehead atoms. The molecule has 0 N–H and O–H groups in total. The molecule has 0 saturated carbocycles. The van der Waals surface area contributed by atoms with Crippen LogP contribution in [0.3, 0.4) is 0 Å². The van der Waals surface area contributed by atoms with Crippen LogP contribution in [0.15, 0.2) is 16.9 Å². The van der Waals surface area contributed by atoms with E-state index in [4.69, 9.17) is 14.5 Å². The number of piperidine rings is 1. The summed E-state index contributed by atoms with van der Waals surface area (Å²) in [6.45, 7) is 1.72. The van der Waals surface area contributed by atoms with Crippen molar-refractivity contribution >= 4 is 16.9 Å². The zero-order valence-electron chi connectivity index (χ0n) is 12.8. The Balaban J connectivity index is 1.95. The molecule has 0 radical (unpaired) electrons. The van der Waals surface area contributed by atoms with Crippen LogP contribution in [-0.4, -0.2) is 36.4 Å². The Morgan fingerprint density at radius 3 is 2.73 bits per heavy atom. The van der Waals surface area contributed by atoms with E-state index < -0.39 is 0 Å². The summed E-state index contributed by atoms with van der Waals surface area (Å²) in [7, 11) is 3.16. The predicted octanol–water partition coefficient (Wildman–Crippen LogP) is 1.79. The van der Waals surface area contributed by atoms with Gasteiger partial charge in [-0.1, -0.05) is 0 Å². The smallest absolute Gasteiger partial charge is 0.262 e. The van der Waals surface area contributed by atoms with Gasteiger partial charge in [0.15, 0.2) is 11.5 Å². The van der Waals surface area contributed by atoms with Crippen molar-refractivity contribution in [2.45, 2.75) is 31.8 Å². The van der Waals surface area contributed by atoms with Gasteiger partial charge in [-0.2, -0.15) is 0 Å². The van der Waals surface area contributed by atoms with Crippen LogP contribution >= 0.6 is 0 Å². The van der Waals surface area contributed by atoms with E-state index in [1.54, 1.807) is 26.4 Å². The molecule has 6 heteroatoms. The highest BCUT2D eigenvalue weighted by Crippen LogP contribution is 2.34. The number of anilines is 1. The number of ether oxygens (including phenoxy) is 2. The Bertz CT molecular complexity index is 799. The van der Waals surface area contributed by atoms with Gasteiger partial charge in [-0.25, -0.2) is 4.98 Å². The van der Waals surface area contributed by atoms with E-state index in [9.17, 15) is 4.79 Å². The fraction of sp³-hybridized carbons (Fsp3) is 0.500. The number of methoxy groups -OCH3 is 2. The van der Waals surface area contributed by atoms with Crippen molar-refractivity contribution in [3.8, 4) is 11.5 Å². The molecule has 2 aliphatic rings. The van der Waals surface area contributed by atoms with Crippen LogP contribution in [-0.2, 0) is 6.54 Å². The number of hydrogen-bond donors (Lipinski definition) is 0. The highest BCUT2D eigenvalue weighted by molar-refractivity contribution is 5.83. The maximum Gasteiger partial charge on any atom is 0.262 e. The van der Waals surface area contributed by atoms with Crippen molar-refractivity contribution in [2.75, 3.05) is 25.7 Å². The molecular formula is C16H19N3O3. The lowest BCUT2D eigenvalue weighted by Gasteiger charge is -2.29. The molecule has 6 nitrogen and oxygen atoms in total. The van der Waals surface area contributed by atoms with Gasteiger partial charge in [0.2, 0.25) is 5.95 Å². The van der Waals surface area contributed by atoms with Crippen molar-refractivity contribution in [2.24, 2.45) is 0 Å². The zero-order valence-corrected chi connectivity index (χ0v) is 12.8. The second-order valence-electron chi connectivity index (χ2n) is 5.89. The maximum atomic E-state index is 12.8. The molecule has 1 unspecified atom stereocenters. The minimum absolute atomic E-state index is 0.00959. The van der Waals surface area contributed by atoms with Gasteiger partial charge in [-0.15, -0.1) is 0 Å². The number of aromatic nitrogens is 2. The standard InChI is InChI=1S/C16H19N3O3/c1-21-13-7-11-12(8-14(13)22-2)17-16-18-6-4-3-5-10(18)9-19(16)15(11)20/h7-8,10H,3-6,9H2,1-2H3. The van der Waals surface area contributed by atoms with Gasteiger partial charge < -0.3 is 14.4 Å². The van der Waals surface area contributed by atoms with Gasteiger partial charge >= 0.3 is 0 Å². The molecule has 4 rings (SSSR count). The van der Waals surface area contributed by atoms with Gasteiger partial charge in [-0.05, 0) is 25.3 Å². The number of benzene rings is 1. The molecule has 116 valence electrons. The van der Waals surface area contributed by atoms with Crippen LogP contribution in [0.25, 0.3) is 10.9 Å². The molecule has 0 aliphatic carbocycles. The highest BCUT2D eigenvalue weighted by Gasteiger charge is 2.33. The first-order valence-corrected chi connectivity index (χ1v) is 7.66. The van der Waals surface area contributed by atoms with Crippen LogP contribution in [0.5, 0.6) is 11.5 Å². The molecule has 1 saturated heterocycles. The van der Waals surface area contributed by atoms with Crippen LogP contribution in [0.1, 0.15) is 19.3 Å². The summed E-state index contributed by atoms with van der Waals surface area (Å²) in [5, 5.41) is 0.584. The van der Waals surface area contributed by atoms with E-state index in [0.717, 1.165) is 31.9 Å². The topological polar surface area (TPSA) is 56.6 Å². The molecule has 2 aliphatic heterocycles. The van der Waals surface area contributed by atoms with Gasteiger partial charge in [0.05, 0.1) is 25.1 Å². The molecule has 1 aromatic carbocycles. The fourth-order valence-corrected chi connectivity index (χ4v) is 3.58. The van der Waals surface area contributed by atoms with Gasteiger partial charge in [-0.3, -0.25) is 9.36 Å². The SMILES string of the molecule is COc1cc2nc3n(c(=O)c2cc1OC)CC1CCCCN31. The molecule has 0 spiro atoms. The summed E-state index contributed by atoms with van der Waals surface area (Å²) >= 11 is 0. The molecule has 0 amide bonds. The summed E-state index contributed by atoms with van der Waals surface area (Å²) in [4.78, 5) is 19.8. The van der Waals surface area contributed by atoms with Gasteiger partial charge in [0.1, 0.15) is 0 Å². The predicted molar refractivity (Wildman–Crippen MR) is 84.1 cm³/mol. The summed E-state index contributed by atoms with van der Waals surface area (Å²) < 4.78 is 12.4. The van der Waals surface area contributed by atoms with Crippen molar-refractivity contribution in [3.05, 3.63) is 22.5 Å². The first-order chi connectivity index (χ1) is 10.7. The minimum Gasteiger partial charge on any atom is -0.493 e.